The van der Waals surface area contributed by atoms with Gasteiger partial charge >= 0.3 is 5.97 Å². The maximum Gasteiger partial charge on any atom is 0.338 e. The molecule has 0 amide bonds. The lowest BCUT2D eigenvalue weighted by molar-refractivity contribution is 0.0506. The first-order valence-electron chi connectivity index (χ1n) is 5.41. The molecule has 1 aliphatic heterocycles. The van der Waals surface area contributed by atoms with Gasteiger partial charge in [-0.25, -0.2) is 4.79 Å². The third-order valence-corrected chi connectivity index (χ3v) is 4.12. The highest BCUT2D eigenvalue weighted by atomic mass is 35.5. The van der Waals surface area contributed by atoms with Gasteiger partial charge in [-0.3, -0.25) is 0 Å². The highest BCUT2D eigenvalue weighted by molar-refractivity contribution is 8.00. The summed E-state index contributed by atoms with van der Waals surface area (Å²) in [5.41, 5.74) is 0.187. The summed E-state index contributed by atoms with van der Waals surface area (Å²) in [6.45, 7) is 0.350. The third-order valence-electron chi connectivity index (χ3n) is 2.57. The Hall–Kier alpha value is -0.710. The minimum absolute atomic E-state index is 0.209. The van der Waals surface area contributed by atoms with Gasteiger partial charge in [-0.1, -0.05) is 11.6 Å². The number of ether oxygens (including phenoxy) is 1. The summed E-state index contributed by atoms with van der Waals surface area (Å²) >= 11 is 7.19. The molecule has 1 N–H and O–H groups in total. The van der Waals surface area contributed by atoms with E-state index in [1.165, 1.54) is 11.8 Å². The van der Waals surface area contributed by atoms with Crippen LogP contribution in [0.15, 0.2) is 24.3 Å². The molecule has 1 unspecified atom stereocenters. The van der Waals surface area contributed by atoms with Gasteiger partial charge in [0.2, 0.25) is 0 Å². The molecule has 0 aromatic heterocycles. The van der Waals surface area contributed by atoms with Crippen molar-refractivity contribution in [2.75, 3.05) is 6.61 Å². The molecule has 0 spiro atoms. The highest BCUT2D eigenvalue weighted by Crippen LogP contribution is 2.31. The van der Waals surface area contributed by atoms with Crippen LogP contribution in [-0.2, 0) is 4.74 Å². The smallest absolute Gasteiger partial charge is 0.338 e. The summed E-state index contributed by atoms with van der Waals surface area (Å²) in [6.07, 6.45) is 1.66. The number of halogens is 1. The first-order chi connectivity index (χ1) is 8.15. The van der Waals surface area contributed by atoms with Crippen LogP contribution in [0.5, 0.6) is 0 Å². The lowest BCUT2D eigenvalue weighted by atomic mass is 10.2. The van der Waals surface area contributed by atoms with Crippen molar-refractivity contribution in [2.24, 2.45) is 0 Å². The van der Waals surface area contributed by atoms with E-state index in [0.717, 1.165) is 12.8 Å². The molecule has 0 bridgehead atoms. The monoisotopic (exact) mass is 272 g/mol. The van der Waals surface area contributed by atoms with Crippen LogP contribution in [0.4, 0.5) is 0 Å². The average molecular weight is 273 g/mol. The molecule has 3 nitrogen and oxygen atoms in total. The Labute approximate surface area is 109 Å². The molecule has 0 aliphatic carbocycles. The van der Waals surface area contributed by atoms with Gasteiger partial charge in [-0.15, -0.1) is 11.8 Å². The fraction of sp³-hybridized carbons (Fsp3) is 0.417. The van der Waals surface area contributed by atoms with E-state index in [9.17, 15) is 9.90 Å². The van der Waals surface area contributed by atoms with Gasteiger partial charge in [-0.05, 0) is 37.1 Å². The summed E-state index contributed by atoms with van der Waals surface area (Å²) < 4.78 is 5.19. The van der Waals surface area contributed by atoms with Crippen molar-refractivity contribution >= 4 is 29.3 Å². The van der Waals surface area contributed by atoms with Gasteiger partial charge in [0, 0.05) is 10.3 Å². The predicted molar refractivity (Wildman–Crippen MR) is 68.4 cm³/mol. The van der Waals surface area contributed by atoms with Crippen LogP contribution in [0.1, 0.15) is 23.2 Å². The molecular formula is C12H13ClO3S. The van der Waals surface area contributed by atoms with Crippen molar-refractivity contribution < 1.29 is 14.6 Å². The van der Waals surface area contributed by atoms with Gasteiger partial charge in [0.15, 0.2) is 0 Å². The van der Waals surface area contributed by atoms with Crippen molar-refractivity contribution in [1.29, 1.82) is 0 Å². The summed E-state index contributed by atoms with van der Waals surface area (Å²) in [5, 5.41) is 10.1. The number of esters is 1. The molecule has 0 saturated carbocycles. The van der Waals surface area contributed by atoms with Gasteiger partial charge in [0.25, 0.3) is 0 Å². The molecule has 1 aromatic carbocycles. The first-order valence-corrected chi connectivity index (χ1v) is 6.73. The van der Waals surface area contributed by atoms with Crippen molar-refractivity contribution in [2.45, 2.75) is 23.5 Å². The van der Waals surface area contributed by atoms with E-state index in [1.807, 2.05) is 0 Å². The Morgan fingerprint density at radius 3 is 2.71 bits per heavy atom. The van der Waals surface area contributed by atoms with Crippen LogP contribution in [-0.4, -0.2) is 28.4 Å². The maximum absolute atomic E-state index is 11.7. The van der Waals surface area contributed by atoms with E-state index in [-0.39, 0.29) is 16.7 Å². The third kappa shape index (κ3) is 3.63. The Bertz CT molecular complexity index is 393. The molecule has 2 rings (SSSR count). The quantitative estimate of drug-likeness (QED) is 0.860. The summed E-state index contributed by atoms with van der Waals surface area (Å²) in [7, 11) is 0. The number of thioether (sulfide) groups is 1. The summed E-state index contributed by atoms with van der Waals surface area (Å²) in [6, 6.07) is 6.60. The highest BCUT2D eigenvalue weighted by Gasteiger charge is 2.24. The van der Waals surface area contributed by atoms with Crippen LogP contribution in [0.25, 0.3) is 0 Å². The Balaban J connectivity index is 1.83. The van der Waals surface area contributed by atoms with E-state index in [4.69, 9.17) is 16.3 Å². The largest absolute Gasteiger partial charge is 0.461 e. The molecule has 0 radical (unpaired) electrons. The van der Waals surface area contributed by atoms with Gasteiger partial charge in [0.1, 0.15) is 6.61 Å². The van der Waals surface area contributed by atoms with Crippen LogP contribution in [0.2, 0.25) is 5.02 Å². The van der Waals surface area contributed by atoms with Gasteiger partial charge in [0.05, 0.1) is 11.0 Å². The van der Waals surface area contributed by atoms with E-state index >= 15 is 0 Å². The molecule has 2 atom stereocenters. The zero-order valence-corrected chi connectivity index (χ0v) is 10.7. The zero-order chi connectivity index (χ0) is 12.3. The normalized spacial score (nSPS) is 23.6. The molecule has 1 saturated heterocycles. The second-order valence-electron chi connectivity index (χ2n) is 3.90. The van der Waals surface area contributed by atoms with Crippen molar-refractivity contribution in [3.8, 4) is 0 Å². The number of carbonyl (C=O) groups is 1. The first kappa shape index (κ1) is 12.7. The number of hydrogen-bond donors (Lipinski definition) is 1. The summed E-state index contributed by atoms with van der Waals surface area (Å²) in [4.78, 5) is 11.7. The van der Waals surface area contributed by atoms with Crippen molar-refractivity contribution in [3.63, 3.8) is 0 Å². The van der Waals surface area contributed by atoms with Crippen LogP contribution in [0.3, 0.4) is 0 Å². The van der Waals surface area contributed by atoms with Crippen molar-refractivity contribution in [3.05, 3.63) is 34.9 Å². The second kappa shape index (κ2) is 5.76. The molecule has 1 aliphatic rings. The molecule has 1 fully saturated rings. The number of aliphatic hydroxyl groups is 1. The van der Waals surface area contributed by atoms with E-state index < -0.39 is 0 Å². The molecule has 5 heteroatoms. The number of benzene rings is 1. The Morgan fingerprint density at radius 2 is 2.12 bits per heavy atom. The zero-order valence-electron chi connectivity index (χ0n) is 9.14. The topological polar surface area (TPSA) is 46.5 Å². The average Bonchev–Trinajstić information content (AvgIpc) is 2.73. The predicted octanol–water partition coefficient (Wildman–Crippen LogP) is 2.71. The van der Waals surface area contributed by atoms with Crippen LogP contribution >= 0.6 is 23.4 Å². The second-order valence-corrected chi connectivity index (χ2v) is 5.81. The lowest BCUT2D eigenvalue weighted by Gasteiger charge is -2.09. The molecule has 17 heavy (non-hydrogen) atoms. The van der Waals surface area contributed by atoms with Gasteiger partial charge in [-0.2, -0.15) is 0 Å². The molecular weight excluding hydrogens is 260 g/mol. The summed E-state index contributed by atoms with van der Waals surface area (Å²) in [5.74, 6) is -0.344. The standard InChI is InChI=1S/C12H13ClO3S/c13-9-3-1-8(2-4-9)12(15)16-7-10-5-6-11(14)17-10/h1-4,10-11,14H,5-7H2/t10-,11?/m1/s1. The molecule has 1 aromatic rings. The van der Waals surface area contributed by atoms with Crippen LogP contribution in [0, 0.1) is 0 Å². The maximum atomic E-state index is 11.7. The SMILES string of the molecule is O=C(OC[C@H]1CCC(O)S1)c1ccc(Cl)cc1. The van der Waals surface area contributed by atoms with Crippen LogP contribution < -0.4 is 0 Å². The lowest BCUT2D eigenvalue weighted by Crippen LogP contribution is -2.14. The molecule has 92 valence electrons. The number of aliphatic hydroxyl groups excluding tert-OH is 1. The van der Waals surface area contributed by atoms with E-state index in [0.29, 0.717) is 17.2 Å². The molecule has 1 heterocycles. The van der Waals surface area contributed by atoms with E-state index in [1.54, 1.807) is 24.3 Å². The fourth-order valence-corrected chi connectivity index (χ4v) is 2.91. The minimum Gasteiger partial charge on any atom is -0.461 e. The number of rotatable bonds is 3. The Kier molecular flexibility index (Phi) is 4.31. The van der Waals surface area contributed by atoms with Gasteiger partial charge < -0.3 is 9.84 Å². The fourth-order valence-electron chi connectivity index (χ4n) is 1.65. The van der Waals surface area contributed by atoms with E-state index in [2.05, 4.69) is 0 Å². The Morgan fingerprint density at radius 1 is 1.41 bits per heavy atom. The number of carbonyl (C=O) groups excluding carboxylic acids is 1. The minimum atomic E-state index is -0.344. The van der Waals surface area contributed by atoms with Crippen molar-refractivity contribution in [1.82, 2.24) is 0 Å². The number of hydrogen-bond acceptors (Lipinski definition) is 4.